The number of hydrogen-bond acceptors (Lipinski definition) is 4. The van der Waals surface area contributed by atoms with Crippen LogP contribution in [-0.2, 0) is 4.74 Å². The number of hydrogen-bond donors (Lipinski definition) is 0. The number of rotatable bonds is 6. The van der Waals surface area contributed by atoms with Crippen LogP contribution < -0.4 is 9.47 Å². The van der Waals surface area contributed by atoms with Crippen LogP contribution in [0.25, 0.3) is 0 Å². The first-order valence-corrected chi connectivity index (χ1v) is 7.74. The summed E-state index contributed by atoms with van der Waals surface area (Å²) in [4.78, 5) is 14.3. The van der Waals surface area contributed by atoms with E-state index in [0.717, 1.165) is 25.9 Å². The van der Waals surface area contributed by atoms with Gasteiger partial charge >= 0.3 is 0 Å². The standard InChI is InChI=1S/C17H25NO4/c1-18(8-7-14-6-4-5-9-22-14)17(19)13-10-15(20-2)12-16(11-13)21-3/h10-12,14H,4-9H2,1-3H3. The summed E-state index contributed by atoms with van der Waals surface area (Å²) in [5.74, 6) is 1.20. The monoisotopic (exact) mass is 307 g/mol. The minimum absolute atomic E-state index is 0.0343. The van der Waals surface area contributed by atoms with Crippen LogP contribution in [0.1, 0.15) is 36.0 Å². The Morgan fingerprint density at radius 1 is 1.23 bits per heavy atom. The number of amides is 1. The third kappa shape index (κ3) is 4.37. The van der Waals surface area contributed by atoms with Gasteiger partial charge in [-0.15, -0.1) is 0 Å². The highest BCUT2D eigenvalue weighted by Gasteiger charge is 2.18. The molecule has 0 spiro atoms. The summed E-state index contributed by atoms with van der Waals surface area (Å²) in [7, 11) is 4.97. The zero-order valence-electron chi connectivity index (χ0n) is 13.6. The molecule has 0 aromatic heterocycles. The van der Waals surface area contributed by atoms with Crippen molar-refractivity contribution in [3.05, 3.63) is 23.8 Å². The van der Waals surface area contributed by atoms with Gasteiger partial charge in [0.15, 0.2) is 0 Å². The predicted molar refractivity (Wildman–Crippen MR) is 84.7 cm³/mol. The molecular formula is C17H25NO4. The molecule has 5 nitrogen and oxygen atoms in total. The van der Waals surface area contributed by atoms with Gasteiger partial charge in [-0.05, 0) is 37.8 Å². The Hall–Kier alpha value is -1.75. The Bertz CT molecular complexity index is 475. The van der Waals surface area contributed by atoms with Crippen LogP contribution in [0.3, 0.4) is 0 Å². The smallest absolute Gasteiger partial charge is 0.253 e. The number of nitrogens with zero attached hydrogens (tertiary/aromatic N) is 1. The van der Waals surface area contributed by atoms with Gasteiger partial charge in [-0.25, -0.2) is 0 Å². The first-order valence-electron chi connectivity index (χ1n) is 7.74. The SMILES string of the molecule is COc1cc(OC)cc(C(=O)N(C)CCC2CCCCO2)c1. The summed E-state index contributed by atoms with van der Waals surface area (Å²) in [5.41, 5.74) is 0.572. The van der Waals surface area contributed by atoms with Gasteiger partial charge in [0.05, 0.1) is 20.3 Å². The molecule has 5 heteroatoms. The van der Waals surface area contributed by atoms with Gasteiger partial charge in [0.1, 0.15) is 11.5 Å². The quantitative estimate of drug-likeness (QED) is 0.811. The molecular weight excluding hydrogens is 282 g/mol. The van der Waals surface area contributed by atoms with Crippen molar-refractivity contribution >= 4 is 5.91 Å². The summed E-state index contributed by atoms with van der Waals surface area (Å²) in [6.45, 7) is 1.53. The molecule has 1 aromatic carbocycles. The van der Waals surface area contributed by atoms with E-state index in [1.54, 1.807) is 37.3 Å². The highest BCUT2D eigenvalue weighted by Crippen LogP contribution is 2.23. The summed E-state index contributed by atoms with van der Waals surface area (Å²) in [6, 6.07) is 5.23. The van der Waals surface area contributed by atoms with Crippen LogP contribution in [0.5, 0.6) is 11.5 Å². The average Bonchev–Trinajstić information content (AvgIpc) is 2.59. The summed E-state index contributed by atoms with van der Waals surface area (Å²) in [5, 5.41) is 0. The molecule has 0 saturated carbocycles. The van der Waals surface area contributed by atoms with Crippen molar-refractivity contribution in [2.75, 3.05) is 34.4 Å². The molecule has 0 aliphatic carbocycles. The first kappa shape index (κ1) is 16.6. The summed E-state index contributed by atoms with van der Waals surface area (Å²) in [6.07, 6.45) is 4.62. The van der Waals surface area contributed by atoms with Gasteiger partial charge in [-0.3, -0.25) is 4.79 Å². The third-order valence-corrected chi connectivity index (χ3v) is 4.01. The molecule has 0 bridgehead atoms. The van der Waals surface area contributed by atoms with E-state index in [-0.39, 0.29) is 12.0 Å². The molecule has 2 rings (SSSR count). The molecule has 0 radical (unpaired) electrons. The van der Waals surface area contributed by atoms with Crippen LogP contribution in [0.2, 0.25) is 0 Å². The Morgan fingerprint density at radius 2 is 1.91 bits per heavy atom. The Morgan fingerprint density at radius 3 is 2.45 bits per heavy atom. The molecule has 122 valence electrons. The highest BCUT2D eigenvalue weighted by molar-refractivity contribution is 5.95. The average molecular weight is 307 g/mol. The molecule has 1 heterocycles. The first-order chi connectivity index (χ1) is 10.6. The van der Waals surface area contributed by atoms with Crippen LogP contribution in [-0.4, -0.2) is 51.3 Å². The number of methoxy groups -OCH3 is 2. The fourth-order valence-electron chi connectivity index (χ4n) is 2.63. The molecule has 1 fully saturated rings. The van der Waals surface area contributed by atoms with E-state index in [1.165, 1.54) is 6.42 Å². The maximum atomic E-state index is 12.5. The van der Waals surface area contributed by atoms with Crippen molar-refractivity contribution in [3.63, 3.8) is 0 Å². The van der Waals surface area contributed by atoms with E-state index in [9.17, 15) is 4.79 Å². The van der Waals surface area contributed by atoms with Crippen molar-refractivity contribution in [1.29, 1.82) is 0 Å². The molecule has 1 saturated heterocycles. The van der Waals surface area contributed by atoms with E-state index in [0.29, 0.717) is 23.6 Å². The minimum Gasteiger partial charge on any atom is -0.497 e. The Labute approximate surface area is 132 Å². The van der Waals surface area contributed by atoms with Crippen LogP contribution >= 0.6 is 0 Å². The second-order valence-electron chi connectivity index (χ2n) is 5.61. The van der Waals surface area contributed by atoms with E-state index in [1.807, 2.05) is 7.05 Å². The predicted octanol–water partition coefficient (Wildman–Crippen LogP) is 2.74. The molecule has 0 N–H and O–H groups in total. The van der Waals surface area contributed by atoms with Gasteiger partial charge in [-0.1, -0.05) is 0 Å². The van der Waals surface area contributed by atoms with Crippen molar-refractivity contribution in [2.45, 2.75) is 31.8 Å². The molecule has 1 unspecified atom stereocenters. The number of carbonyl (C=O) groups excluding carboxylic acids is 1. The van der Waals surface area contributed by atoms with Crippen molar-refractivity contribution in [2.24, 2.45) is 0 Å². The van der Waals surface area contributed by atoms with Crippen LogP contribution in [0.15, 0.2) is 18.2 Å². The van der Waals surface area contributed by atoms with Crippen molar-refractivity contribution in [3.8, 4) is 11.5 Å². The summed E-state index contributed by atoms with van der Waals surface area (Å²) >= 11 is 0. The van der Waals surface area contributed by atoms with Crippen LogP contribution in [0.4, 0.5) is 0 Å². The van der Waals surface area contributed by atoms with Gasteiger partial charge in [0.2, 0.25) is 0 Å². The van der Waals surface area contributed by atoms with E-state index >= 15 is 0 Å². The maximum absolute atomic E-state index is 12.5. The van der Waals surface area contributed by atoms with Crippen LogP contribution in [0, 0.1) is 0 Å². The third-order valence-electron chi connectivity index (χ3n) is 4.01. The fourth-order valence-corrected chi connectivity index (χ4v) is 2.63. The molecule has 1 aromatic rings. The van der Waals surface area contributed by atoms with E-state index < -0.39 is 0 Å². The molecule has 1 amide bonds. The zero-order valence-corrected chi connectivity index (χ0v) is 13.6. The van der Waals surface area contributed by atoms with E-state index in [4.69, 9.17) is 14.2 Å². The molecule has 22 heavy (non-hydrogen) atoms. The van der Waals surface area contributed by atoms with Gasteiger partial charge < -0.3 is 19.1 Å². The lowest BCUT2D eigenvalue weighted by Gasteiger charge is -2.25. The Balaban J connectivity index is 1.97. The van der Waals surface area contributed by atoms with Gasteiger partial charge in [-0.2, -0.15) is 0 Å². The second kappa shape index (κ2) is 8.03. The van der Waals surface area contributed by atoms with Crippen molar-refractivity contribution < 1.29 is 19.0 Å². The number of ether oxygens (including phenoxy) is 3. The molecule has 1 atom stereocenters. The normalized spacial score (nSPS) is 17.9. The number of benzene rings is 1. The topological polar surface area (TPSA) is 48.0 Å². The van der Waals surface area contributed by atoms with Gasteiger partial charge in [0.25, 0.3) is 5.91 Å². The van der Waals surface area contributed by atoms with Crippen molar-refractivity contribution in [1.82, 2.24) is 4.90 Å². The molecule has 1 aliphatic rings. The Kier molecular flexibility index (Phi) is 6.07. The number of carbonyl (C=O) groups is 1. The lowest BCUT2D eigenvalue weighted by Crippen LogP contribution is -2.31. The maximum Gasteiger partial charge on any atom is 0.253 e. The lowest BCUT2D eigenvalue weighted by molar-refractivity contribution is 0.00708. The lowest BCUT2D eigenvalue weighted by atomic mass is 10.1. The minimum atomic E-state index is -0.0343. The summed E-state index contributed by atoms with van der Waals surface area (Å²) < 4.78 is 16.1. The largest absolute Gasteiger partial charge is 0.497 e. The zero-order chi connectivity index (χ0) is 15.9. The highest BCUT2D eigenvalue weighted by atomic mass is 16.5. The molecule has 1 aliphatic heterocycles. The fraction of sp³-hybridized carbons (Fsp3) is 0.588. The van der Waals surface area contributed by atoms with E-state index in [2.05, 4.69) is 0 Å². The second-order valence-corrected chi connectivity index (χ2v) is 5.61. The van der Waals surface area contributed by atoms with Gasteiger partial charge in [0, 0.05) is 31.8 Å².